The molecule has 0 aromatic heterocycles. The number of halogens is 2. The first-order chi connectivity index (χ1) is 8.68. The van der Waals surface area contributed by atoms with Gasteiger partial charge in [0, 0.05) is 0 Å². The summed E-state index contributed by atoms with van der Waals surface area (Å²) < 4.78 is 5.37. The van der Waals surface area contributed by atoms with Gasteiger partial charge in [0.15, 0.2) is 6.61 Å². The zero-order chi connectivity index (χ0) is 13.0. The van der Waals surface area contributed by atoms with Crippen LogP contribution >= 0.6 is 23.2 Å². The molecule has 0 saturated heterocycles. The van der Waals surface area contributed by atoms with Crippen molar-refractivity contribution in [3.8, 4) is 5.75 Å². The fourth-order valence-corrected chi connectivity index (χ4v) is 2.11. The average molecular weight is 281 g/mol. The maximum atomic E-state index is 12.0. The minimum Gasteiger partial charge on any atom is -0.485 e. The molecule has 2 aromatic carbocycles. The second-order valence-corrected chi connectivity index (χ2v) is 4.44. The Morgan fingerprint density at radius 1 is 0.944 bits per heavy atom. The van der Waals surface area contributed by atoms with Crippen molar-refractivity contribution in [2.75, 3.05) is 6.61 Å². The summed E-state index contributed by atoms with van der Waals surface area (Å²) in [6, 6.07) is 14.1. The van der Waals surface area contributed by atoms with Crippen molar-refractivity contribution in [3.05, 3.63) is 64.1 Å². The van der Waals surface area contributed by atoms with E-state index in [9.17, 15) is 4.79 Å². The highest BCUT2D eigenvalue weighted by molar-refractivity contribution is 6.39. The van der Waals surface area contributed by atoms with Gasteiger partial charge in [-0.05, 0) is 24.3 Å². The smallest absolute Gasteiger partial charge is 0.203 e. The molecule has 2 aromatic rings. The number of carbonyl (C=O) groups is 1. The lowest BCUT2D eigenvalue weighted by Crippen LogP contribution is -2.12. The number of para-hydroxylation sites is 1. The molecule has 0 unspecified atom stereocenters. The van der Waals surface area contributed by atoms with E-state index in [2.05, 4.69) is 0 Å². The molecule has 2 nitrogen and oxygen atoms in total. The van der Waals surface area contributed by atoms with Crippen molar-refractivity contribution in [2.24, 2.45) is 0 Å². The van der Waals surface area contributed by atoms with Crippen LogP contribution in [0.1, 0.15) is 10.4 Å². The lowest BCUT2D eigenvalue weighted by molar-refractivity contribution is 0.0922. The van der Waals surface area contributed by atoms with E-state index in [1.807, 2.05) is 18.2 Å². The van der Waals surface area contributed by atoms with E-state index < -0.39 is 0 Å². The zero-order valence-electron chi connectivity index (χ0n) is 9.40. The van der Waals surface area contributed by atoms with Crippen molar-refractivity contribution in [1.29, 1.82) is 0 Å². The highest BCUT2D eigenvalue weighted by Crippen LogP contribution is 2.24. The molecule has 18 heavy (non-hydrogen) atoms. The Kier molecular flexibility index (Phi) is 4.24. The summed E-state index contributed by atoms with van der Waals surface area (Å²) in [5, 5.41) is 0.674. The van der Waals surface area contributed by atoms with Gasteiger partial charge in [-0.15, -0.1) is 0 Å². The Bertz CT molecular complexity index is 533. The van der Waals surface area contributed by atoms with Crippen LogP contribution in [0.3, 0.4) is 0 Å². The number of ether oxygens (including phenoxy) is 1. The molecule has 2 rings (SSSR count). The largest absolute Gasteiger partial charge is 0.485 e. The van der Waals surface area contributed by atoms with Crippen LogP contribution < -0.4 is 4.74 Å². The van der Waals surface area contributed by atoms with Gasteiger partial charge in [0.1, 0.15) is 5.75 Å². The van der Waals surface area contributed by atoms with Crippen LogP contribution in [0.25, 0.3) is 0 Å². The third-order valence-electron chi connectivity index (χ3n) is 2.35. The molecule has 0 atom stereocenters. The Balaban J connectivity index is 2.09. The lowest BCUT2D eigenvalue weighted by Gasteiger charge is -2.07. The van der Waals surface area contributed by atoms with Crippen molar-refractivity contribution >= 4 is 29.0 Å². The Morgan fingerprint density at radius 2 is 1.56 bits per heavy atom. The zero-order valence-corrected chi connectivity index (χ0v) is 10.9. The van der Waals surface area contributed by atoms with Crippen molar-refractivity contribution in [1.82, 2.24) is 0 Å². The molecule has 0 aliphatic rings. The SMILES string of the molecule is O=C(COc1ccccc1)c1c(Cl)cccc1Cl. The Hall–Kier alpha value is -1.51. The van der Waals surface area contributed by atoms with Crippen molar-refractivity contribution < 1.29 is 9.53 Å². The molecule has 0 aliphatic carbocycles. The molecule has 0 heterocycles. The van der Waals surface area contributed by atoms with Crippen molar-refractivity contribution in [3.63, 3.8) is 0 Å². The summed E-state index contributed by atoms with van der Waals surface area (Å²) in [6.07, 6.45) is 0. The minimum atomic E-state index is -0.241. The molecule has 0 aliphatic heterocycles. The predicted molar refractivity (Wildman–Crippen MR) is 72.7 cm³/mol. The first-order valence-corrected chi connectivity index (χ1v) is 6.09. The maximum Gasteiger partial charge on any atom is 0.203 e. The molecule has 0 saturated carbocycles. The number of benzene rings is 2. The number of rotatable bonds is 4. The summed E-state index contributed by atoms with van der Waals surface area (Å²) in [4.78, 5) is 12.0. The van der Waals surface area contributed by atoms with Gasteiger partial charge in [0.25, 0.3) is 0 Å². The van der Waals surface area contributed by atoms with E-state index in [1.54, 1.807) is 30.3 Å². The summed E-state index contributed by atoms with van der Waals surface area (Å²) in [5.74, 6) is 0.392. The van der Waals surface area contributed by atoms with E-state index in [0.29, 0.717) is 21.4 Å². The van der Waals surface area contributed by atoms with Crippen LogP contribution in [0.4, 0.5) is 0 Å². The molecular weight excluding hydrogens is 271 g/mol. The molecule has 0 N–H and O–H groups in total. The molecular formula is C14H10Cl2O2. The number of Topliss-reactive ketones (excluding diaryl/α,β-unsaturated/α-hetero) is 1. The number of carbonyl (C=O) groups excluding carboxylic acids is 1. The Labute approximate surface area is 115 Å². The van der Waals surface area contributed by atoms with Gasteiger partial charge in [-0.3, -0.25) is 4.79 Å². The van der Waals surface area contributed by atoms with E-state index >= 15 is 0 Å². The van der Waals surface area contributed by atoms with E-state index in [4.69, 9.17) is 27.9 Å². The number of hydrogen-bond donors (Lipinski definition) is 0. The first-order valence-electron chi connectivity index (χ1n) is 5.33. The summed E-state index contributed by atoms with van der Waals surface area (Å²) in [7, 11) is 0. The average Bonchev–Trinajstić information content (AvgIpc) is 2.37. The normalized spacial score (nSPS) is 10.1. The second kappa shape index (κ2) is 5.89. The third kappa shape index (κ3) is 3.03. The van der Waals surface area contributed by atoms with E-state index in [1.165, 1.54) is 0 Å². The summed E-state index contributed by atoms with van der Waals surface area (Å²) in [5.41, 5.74) is 0.303. The maximum absolute atomic E-state index is 12.0. The highest BCUT2D eigenvalue weighted by atomic mass is 35.5. The van der Waals surface area contributed by atoms with Crippen LogP contribution in [0.15, 0.2) is 48.5 Å². The molecule has 0 amide bonds. The van der Waals surface area contributed by atoms with Crippen LogP contribution in [0.2, 0.25) is 10.0 Å². The molecule has 0 radical (unpaired) electrons. The van der Waals surface area contributed by atoms with Crippen LogP contribution in [0, 0.1) is 0 Å². The summed E-state index contributed by atoms with van der Waals surface area (Å²) in [6.45, 7) is -0.0898. The van der Waals surface area contributed by atoms with Crippen LogP contribution in [0.5, 0.6) is 5.75 Å². The van der Waals surface area contributed by atoms with Gasteiger partial charge in [-0.25, -0.2) is 0 Å². The minimum absolute atomic E-state index is 0.0898. The predicted octanol–water partition coefficient (Wildman–Crippen LogP) is 4.26. The number of hydrogen-bond acceptors (Lipinski definition) is 2. The van der Waals surface area contributed by atoms with Gasteiger partial charge in [0.2, 0.25) is 5.78 Å². The highest BCUT2D eigenvalue weighted by Gasteiger charge is 2.14. The van der Waals surface area contributed by atoms with Gasteiger partial charge >= 0.3 is 0 Å². The van der Waals surface area contributed by atoms with Gasteiger partial charge in [0.05, 0.1) is 15.6 Å². The standard InChI is InChI=1S/C14H10Cl2O2/c15-11-7-4-8-12(16)14(11)13(17)9-18-10-5-2-1-3-6-10/h1-8H,9H2. The fourth-order valence-electron chi connectivity index (χ4n) is 1.50. The van der Waals surface area contributed by atoms with Crippen LogP contribution in [-0.4, -0.2) is 12.4 Å². The molecule has 0 fully saturated rings. The third-order valence-corrected chi connectivity index (χ3v) is 2.98. The lowest BCUT2D eigenvalue weighted by atomic mass is 10.1. The van der Waals surface area contributed by atoms with Gasteiger partial charge in [-0.1, -0.05) is 47.5 Å². The monoisotopic (exact) mass is 280 g/mol. The van der Waals surface area contributed by atoms with Gasteiger partial charge < -0.3 is 4.74 Å². The van der Waals surface area contributed by atoms with E-state index in [0.717, 1.165) is 0 Å². The molecule has 92 valence electrons. The topological polar surface area (TPSA) is 26.3 Å². The molecule has 4 heteroatoms. The number of ketones is 1. The second-order valence-electron chi connectivity index (χ2n) is 3.62. The summed E-state index contributed by atoms with van der Waals surface area (Å²) >= 11 is 11.9. The van der Waals surface area contributed by atoms with E-state index in [-0.39, 0.29) is 12.4 Å². The quantitative estimate of drug-likeness (QED) is 0.783. The first kappa shape index (κ1) is 12.9. The Morgan fingerprint density at radius 3 is 2.17 bits per heavy atom. The fraction of sp³-hybridized carbons (Fsp3) is 0.0714. The van der Waals surface area contributed by atoms with Gasteiger partial charge in [-0.2, -0.15) is 0 Å². The molecule has 0 spiro atoms. The van der Waals surface area contributed by atoms with Crippen molar-refractivity contribution in [2.45, 2.75) is 0 Å². The van der Waals surface area contributed by atoms with Crippen LogP contribution in [-0.2, 0) is 0 Å². The molecule has 0 bridgehead atoms.